The molecule has 6 atom stereocenters. The number of amides is 1. The molecule has 3 heterocycles. The van der Waals surface area contributed by atoms with E-state index in [1.54, 1.807) is 11.8 Å². The molecule has 3 fully saturated rings. The Balaban J connectivity index is 1.25. The third kappa shape index (κ3) is 7.04. The predicted octanol–water partition coefficient (Wildman–Crippen LogP) is 5.34. The number of benzene rings is 1. The summed E-state index contributed by atoms with van der Waals surface area (Å²) < 4.78 is 30.9. The van der Waals surface area contributed by atoms with Crippen molar-refractivity contribution < 1.29 is 28.5 Å². The monoisotopic (exact) mass is 489 g/mol. The second-order valence-electron chi connectivity index (χ2n) is 10.0. The highest BCUT2D eigenvalue weighted by molar-refractivity contribution is 5.74. The second kappa shape index (κ2) is 13.7. The first-order valence-electron chi connectivity index (χ1n) is 13.7. The molecule has 3 aliphatic rings. The SMILES string of the molecule is CCCCCCCCCCCCO[C@@H]1O[C@@H]2COC(c3ccccc3)O[C@H]2[C@H]2OCN(C(C)=O)[C@@H]12. The van der Waals surface area contributed by atoms with E-state index < -0.39 is 12.6 Å². The topological polar surface area (TPSA) is 66.5 Å². The summed E-state index contributed by atoms with van der Waals surface area (Å²) in [7, 11) is 0. The molecule has 7 nitrogen and oxygen atoms in total. The van der Waals surface area contributed by atoms with Gasteiger partial charge in [-0.25, -0.2) is 0 Å². The minimum Gasteiger partial charge on any atom is -0.353 e. The van der Waals surface area contributed by atoms with Gasteiger partial charge in [0.15, 0.2) is 12.6 Å². The Kier molecular flexibility index (Phi) is 10.4. The van der Waals surface area contributed by atoms with Gasteiger partial charge in [0.05, 0.1) is 6.61 Å². The van der Waals surface area contributed by atoms with E-state index in [0.717, 1.165) is 18.4 Å². The van der Waals surface area contributed by atoms with Gasteiger partial charge < -0.3 is 28.6 Å². The normalized spacial score (nSPS) is 30.2. The maximum atomic E-state index is 12.3. The van der Waals surface area contributed by atoms with Gasteiger partial charge in [-0.3, -0.25) is 4.79 Å². The summed E-state index contributed by atoms with van der Waals surface area (Å²) in [6, 6.07) is 9.57. The molecule has 0 aromatic heterocycles. The van der Waals surface area contributed by atoms with Crippen molar-refractivity contribution in [1.29, 1.82) is 0 Å². The first-order valence-corrected chi connectivity index (χ1v) is 13.7. The molecule has 0 spiro atoms. The molecule has 35 heavy (non-hydrogen) atoms. The van der Waals surface area contributed by atoms with E-state index in [0.29, 0.717) is 13.2 Å². The van der Waals surface area contributed by atoms with Crippen LogP contribution in [0.25, 0.3) is 0 Å². The standard InChI is InChI=1S/C28H43NO6/c1-3-4-5-6-7-8-9-10-11-15-18-31-28-24-26(33-20-29(24)21(2)30)25-23(34-28)19-32-27(35-25)22-16-13-12-14-17-22/h12-14,16-17,23-28H,3-11,15,18-20H2,1-2H3/t23-,24-,25-,26+,27?,28-/m1/s1. The third-order valence-electron chi connectivity index (χ3n) is 7.33. The average molecular weight is 490 g/mol. The number of rotatable bonds is 13. The van der Waals surface area contributed by atoms with Gasteiger partial charge in [-0.05, 0) is 6.42 Å². The molecule has 0 saturated carbocycles. The van der Waals surface area contributed by atoms with E-state index in [1.807, 2.05) is 30.3 Å². The van der Waals surface area contributed by atoms with Crippen LogP contribution < -0.4 is 0 Å². The minimum absolute atomic E-state index is 0.0428. The van der Waals surface area contributed by atoms with Crippen LogP contribution in [0.3, 0.4) is 0 Å². The maximum Gasteiger partial charge on any atom is 0.221 e. The maximum absolute atomic E-state index is 12.3. The fraction of sp³-hybridized carbons (Fsp3) is 0.750. The number of hydrogen-bond acceptors (Lipinski definition) is 6. The molecule has 4 rings (SSSR count). The summed E-state index contributed by atoms with van der Waals surface area (Å²) >= 11 is 0. The number of ether oxygens (including phenoxy) is 5. The molecular formula is C28H43NO6. The zero-order valence-electron chi connectivity index (χ0n) is 21.4. The third-order valence-corrected chi connectivity index (χ3v) is 7.33. The van der Waals surface area contributed by atoms with Crippen LogP contribution in [-0.2, 0) is 28.5 Å². The van der Waals surface area contributed by atoms with E-state index >= 15 is 0 Å². The molecule has 1 unspecified atom stereocenters. The largest absolute Gasteiger partial charge is 0.353 e. The van der Waals surface area contributed by atoms with Crippen molar-refractivity contribution in [3.05, 3.63) is 35.9 Å². The van der Waals surface area contributed by atoms with Crippen LogP contribution in [0.15, 0.2) is 30.3 Å². The summed E-state index contributed by atoms with van der Waals surface area (Å²) in [6.07, 6.45) is 10.9. The van der Waals surface area contributed by atoms with Gasteiger partial charge in [0.2, 0.25) is 5.91 Å². The number of carbonyl (C=O) groups is 1. The van der Waals surface area contributed by atoms with Crippen LogP contribution >= 0.6 is 0 Å². The molecule has 7 heteroatoms. The Hall–Kier alpha value is -1.51. The molecule has 3 aliphatic heterocycles. The number of carbonyl (C=O) groups excluding carboxylic acids is 1. The fourth-order valence-electron chi connectivity index (χ4n) is 5.34. The van der Waals surface area contributed by atoms with Gasteiger partial charge in [0.1, 0.15) is 31.1 Å². The summed E-state index contributed by atoms with van der Waals surface area (Å²) in [5.74, 6) is -0.0428. The quantitative estimate of drug-likeness (QED) is 0.349. The van der Waals surface area contributed by atoms with Crippen molar-refractivity contribution in [2.45, 2.75) is 115 Å². The van der Waals surface area contributed by atoms with Crippen molar-refractivity contribution in [1.82, 2.24) is 4.90 Å². The van der Waals surface area contributed by atoms with Crippen molar-refractivity contribution in [2.75, 3.05) is 19.9 Å². The molecule has 0 radical (unpaired) electrons. The van der Waals surface area contributed by atoms with Gasteiger partial charge in [-0.15, -0.1) is 0 Å². The Morgan fingerprint density at radius 1 is 0.914 bits per heavy atom. The van der Waals surface area contributed by atoms with Gasteiger partial charge in [0, 0.05) is 19.1 Å². The summed E-state index contributed by atoms with van der Waals surface area (Å²) in [5.41, 5.74) is 0.961. The number of unbranched alkanes of at least 4 members (excludes halogenated alkanes) is 9. The van der Waals surface area contributed by atoms with Crippen molar-refractivity contribution in [3.8, 4) is 0 Å². The van der Waals surface area contributed by atoms with Crippen LogP contribution in [-0.4, -0.2) is 61.4 Å². The van der Waals surface area contributed by atoms with E-state index in [-0.39, 0.29) is 37.0 Å². The summed E-state index contributed by atoms with van der Waals surface area (Å²) in [5, 5.41) is 0. The van der Waals surface area contributed by atoms with Crippen LogP contribution in [0.2, 0.25) is 0 Å². The Labute approximate surface area is 210 Å². The first-order chi connectivity index (χ1) is 17.2. The van der Waals surface area contributed by atoms with Gasteiger partial charge in [-0.2, -0.15) is 0 Å². The van der Waals surface area contributed by atoms with E-state index in [2.05, 4.69) is 6.92 Å². The number of fused-ring (bicyclic) bond motifs is 3. The fourth-order valence-corrected chi connectivity index (χ4v) is 5.34. The molecule has 0 N–H and O–H groups in total. The smallest absolute Gasteiger partial charge is 0.221 e. The zero-order chi connectivity index (χ0) is 24.5. The van der Waals surface area contributed by atoms with Crippen molar-refractivity contribution >= 4 is 5.91 Å². The van der Waals surface area contributed by atoms with Gasteiger partial charge in [-0.1, -0.05) is 95.0 Å². The highest BCUT2D eigenvalue weighted by Gasteiger charge is 2.56. The first kappa shape index (κ1) is 26.6. The van der Waals surface area contributed by atoms with E-state index in [1.165, 1.54) is 51.4 Å². The molecule has 1 aromatic rings. The molecule has 1 aromatic carbocycles. The minimum atomic E-state index is -0.535. The predicted molar refractivity (Wildman–Crippen MR) is 133 cm³/mol. The van der Waals surface area contributed by atoms with Crippen LogP contribution in [0.1, 0.15) is 89.9 Å². The zero-order valence-corrected chi connectivity index (χ0v) is 21.4. The lowest BCUT2D eigenvalue weighted by molar-refractivity contribution is -0.341. The molecule has 3 saturated heterocycles. The van der Waals surface area contributed by atoms with Crippen molar-refractivity contribution in [2.24, 2.45) is 0 Å². The lowest BCUT2D eigenvalue weighted by atomic mass is 9.95. The van der Waals surface area contributed by atoms with E-state index in [4.69, 9.17) is 23.7 Å². The van der Waals surface area contributed by atoms with Crippen LogP contribution in [0.5, 0.6) is 0 Å². The van der Waals surface area contributed by atoms with Crippen LogP contribution in [0.4, 0.5) is 0 Å². The van der Waals surface area contributed by atoms with Gasteiger partial charge >= 0.3 is 0 Å². The highest BCUT2D eigenvalue weighted by Crippen LogP contribution is 2.39. The van der Waals surface area contributed by atoms with Crippen molar-refractivity contribution in [3.63, 3.8) is 0 Å². The summed E-state index contributed by atoms with van der Waals surface area (Å²) in [6.45, 7) is 5.06. The second-order valence-corrected chi connectivity index (χ2v) is 10.0. The molecule has 0 bridgehead atoms. The van der Waals surface area contributed by atoms with E-state index in [9.17, 15) is 4.79 Å². The molecule has 196 valence electrons. The molecule has 1 amide bonds. The molecule has 0 aliphatic carbocycles. The van der Waals surface area contributed by atoms with Gasteiger partial charge in [0.25, 0.3) is 0 Å². The molecular weight excluding hydrogens is 446 g/mol. The lowest BCUT2D eigenvalue weighted by Gasteiger charge is -2.47. The lowest BCUT2D eigenvalue weighted by Crippen LogP contribution is -2.64. The van der Waals surface area contributed by atoms with Crippen LogP contribution in [0, 0.1) is 0 Å². The summed E-state index contributed by atoms with van der Waals surface area (Å²) in [4.78, 5) is 14.0. The Morgan fingerprint density at radius 2 is 1.60 bits per heavy atom. The Bertz CT molecular complexity index is 761. The number of hydrogen-bond donors (Lipinski definition) is 0. The number of nitrogens with zero attached hydrogens (tertiary/aromatic N) is 1. The average Bonchev–Trinajstić information content (AvgIpc) is 3.34. The Morgan fingerprint density at radius 3 is 2.29 bits per heavy atom. The highest BCUT2D eigenvalue weighted by atomic mass is 16.8.